The summed E-state index contributed by atoms with van der Waals surface area (Å²) in [5.41, 5.74) is 0.831. The highest BCUT2D eigenvalue weighted by molar-refractivity contribution is 6.32. The van der Waals surface area contributed by atoms with Crippen molar-refractivity contribution in [1.82, 2.24) is 0 Å². The molecule has 0 saturated heterocycles. The number of aromatic carboxylic acids is 1. The Morgan fingerprint density at radius 3 is 2.41 bits per heavy atom. The van der Waals surface area contributed by atoms with Crippen LogP contribution < -0.4 is 4.74 Å². The molecule has 3 nitrogen and oxygen atoms in total. The highest BCUT2D eigenvalue weighted by Crippen LogP contribution is 2.35. The van der Waals surface area contributed by atoms with Crippen molar-refractivity contribution in [3.8, 4) is 5.75 Å². The van der Waals surface area contributed by atoms with Gasteiger partial charge in [0.25, 0.3) is 0 Å². The molecule has 94 valence electrons. The van der Waals surface area contributed by atoms with Crippen LogP contribution in [-0.4, -0.2) is 17.7 Å². The van der Waals surface area contributed by atoms with Crippen LogP contribution in [0.25, 0.3) is 0 Å². The summed E-state index contributed by atoms with van der Waals surface area (Å²) in [6.45, 7) is 8.29. The number of halogens is 1. The highest BCUT2D eigenvalue weighted by Gasteiger charge is 2.22. The molecule has 0 aliphatic carbocycles. The fourth-order valence-corrected chi connectivity index (χ4v) is 2.02. The van der Waals surface area contributed by atoms with E-state index in [2.05, 4.69) is 0 Å². The molecule has 1 N–H and O–H groups in total. The SMILES string of the molecule is CCOc1cc(C(C)(C)C)c(Cl)cc1C(=O)O. The molecule has 0 aliphatic rings. The summed E-state index contributed by atoms with van der Waals surface area (Å²) >= 11 is 6.11. The van der Waals surface area contributed by atoms with E-state index in [0.29, 0.717) is 17.4 Å². The largest absolute Gasteiger partial charge is 0.493 e. The van der Waals surface area contributed by atoms with Crippen molar-refractivity contribution in [2.75, 3.05) is 6.61 Å². The van der Waals surface area contributed by atoms with Gasteiger partial charge in [0.2, 0.25) is 0 Å². The number of carboxylic acids is 1. The van der Waals surface area contributed by atoms with E-state index in [9.17, 15) is 4.79 Å². The van der Waals surface area contributed by atoms with Gasteiger partial charge in [-0.1, -0.05) is 32.4 Å². The molecule has 0 aliphatic heterocycles. The Balaban J connectivity index is 3.40. The quantitative estimate of drug-likeness (QED) is 0.896. The fourth-order valence-electron chi connectivity index (χ4n) is 1.57. The molecule has 0 heterocycles. The Morgan fingerprint density at radius 1 is 1.41 bits per heavy atom. The minimum atomic E-state index is -1.03. The molecular formula is C13H17ClO3. The zero-order chi connectivity index (χ0) is 13.2. The molecule has 0 radical (unpaired) electrons. The number of ether oxygens (including phenoxy) is 1. The van der Waals surface area contributed by atoms with Crippen LogP contribution in [0.4, 0.5) is 0 Å². The van der Waals surface area contributed by atoms with Crippen molar-refractivity contribution in [1.29, 1.82) is 0 Å². The number of carbonyl (C=O) groups is 1. The minimum Gasteiger partial charge on any atom is -0.493 e. The predicted octanol–water partition coefficient (Wildman–Crippen LogP) is 3.73. The van der Waals surface area contributed by atoms with Gasteiger partial charge in [0, 0.05) is 5.02 Å². The van der Waals surface area contributed by atoms with Gasteiger partial charge in [-0.05, 0) is 30.0 Å². The van der Waals surface area contributed by atoms with E-state index in [4.69, 9.17) is 21.4 Å². The third-order valence-corrected chi connectivity index (χ3v) is 2.72. The van der Waals surface area contributed by atoms with Gasteiger partial charge >= 0.3 is 5.97 Å². The lowest BCUT2D eigenvalue weighted by Crippen LogP contribution is -2.14. The average molecular weight is 257 g/mol. The lowest BCUT2D eigenvalue weighted by atomic mass is 9.86. The molecule has 17 heavy (non-hydrogen) atoms. The third-order valence-electron chi connectivity index (χ3n) is 2.41. The number of hydrogen-bond donors (Lipinski definition) is 1. The Morgan fingerprint density at radius 2 is 2.00 bits per heavy atom. The summed E-state index contributed by atoms with van der Waals surface area (Å²) in [4.78, 5) is 11.1. The first-order chi connectivity index (χ1) is 7.77. The van der Waals surface area contributed by atoms with Crippen LogP contribution in [0.2, 0.25) is 5.02 Å². The molecule has 0 spiro atoms. The second-order valence-electron chi connectivity index (χ2n) is 4.82. The molecule has 0 unspecified atom stereocenters. The number of benzene rings is 1. The summed E-state index contributed by atoms with van der Waals surface area (Å²) in [6.07, 6.45) is 0. The molecule has 1 aromatic rings. The second kappa shape index (κ2) is 4.96. The van der Waals surface area contributed by atoms with Gasteiger partial charge in [0.1, 0.15) is 11.3 Å². The van der Waals surface area contributed by atoms with Crippen molar-refractivity contribution in [3.63, 3.8) is 0 Å². The molecule has 0 amide bonds. The minimum absolute atomic E-state index is 0.102. The molecule has 0 fully saturated rings. The monoisotopic (exact) mass is 256 g/mol. The van der Waals surface area contributed by atoms with Gasteiger partial charge in [0.05, 0.1) is 6.61 Å². The van der Waals surface area contributed by atoms with Crippen LogP contribution in [-0.2, 0) is 5.41 Å². The lowest BCUT2D eigenvalue weighted by molar-refractivity contribution is 0.0692. The predicted molar refractivity (Wildman–Crippen MR) is 68.3 cm³/mol. The standard InChI is InChI=1S/C13H17ClO3/c1-5-17-11-7-9(13(2,3)4)10(14)6-8(11)12(15)16/h6-7H,5H2,1-4H3,(H,15,16). The van der Waals surface area contributed by atoms with Crippen LogP contribution in [0.1, 0.15) is 43.6 Å². The van der Waals surface area contributed by atoms with E-state index < -0.39 is 5.97 Å². The Hall–Kier alpha value is -1.22. The van der Waals surface area contributed by atoms with E-state index >= 15 is 0 Å². The van der Waals surface area contributed by atoms with Crippen LogP contribution in [0.5, 0.6) is 5.75 Å². The molecular weight excluding hydrogens is 240 g/mol. The number of carboxylic acid groups (broad SMARTS) is 1. The lowest BCUT2D eigenvalue weighted by Gasteiger charge is -2.22. The van der Waals surface area contributed by atoms with Gasteiger partial charge < -0.3 is 9.84 Å². The Labute approximate surface area is 106 Å². The van der Waals surface area contributed by atoms with Gasteiger partial charge in [-0.15, -0.1) is 0 Å². The molecule has 4 heteroatoms. The summed E-state index contributed by atoms with van der Waals surface area (Å²) in [6, 6.07) is 3.17. The maximum Gasteiger partial charge on any atom is 0.339 e. The number of rotatable bonds is 3. The maximum absolute atomic E-state index is 11.1. The van der Waals surface area contributed by atoms with E-state index in [1.54, 1.807) is 6.07 Å². The van der Waals surface area contributed by atoms with E-state index in [-0.39, 0.29) is 11.0 Å². The van der Waals surface area contributed by atoms with Crippen molar-refractivity contribution in [3.05, 3.63) is 28.3 Å². The topological polar surface area (TPSA) is 46.5 Å². The van der Waals surface area contributed by atoms with E-state index in [0.717, 1.165) is 5.56 Å². The Bertz CT molecular complexity index is 433. The first kappa shape index (κ1) is 13.8. The summed E-state index contributed by atoms with van der Waals surface area (Å²) in [5.74, 6) is -0.662. The summed E-state index contributed by atoms with van der Waals surface area (Å²) in [5, 5.41) is 9.53. The van der Waals surface area contributed by atoms with Gasteiger partial charge in [-0.25, -0.2) is 4.79 Å². The Kier molecular flexibility index (Phi) is 4.04. The molecule has 0 bridgehead atoms. The van der Waals surface area contributed by atoms with Gasteiger partial charge in [-0.3, -0.25) is 0 Å². The molecule has 1 aromatic carbocycles. The van der Waals surface area contributed by atoms with E-state index in [1.165, 1.54) is 6.07 Å². The van der Waals surface area contributed by atoms with Gasteiger partial charge in [-0.2, -0.15) is 0 Å². The summed E-state index contributed by atoms with van der Waals surface area (Å²) in [7, 11) is 0. The van der Waals surface area contributed by atoms with Crippen molar-refractivity contribution >= 4 is 17.6 Å². The van der Waals surface area contributed by atoms with Crippen molar-refractivity contribution in [2.24, 2.45) is 0 Å². The zero-order valence-corrected chi connectivity index (χ0v) is 11.3. The van der Waals surface area contributed by atoms with E-state index in [1.807, 2.05) is 27.7 Å². The normalized spacial score (nSPS) is 11.4. The second-order valence-corrected chi connectivity index (χ2v) is 5.22. The molecule has 0 saturated carbocycles. The first-order valence-electron chi connectivity index (χ1n) is 5.47. The van der Waals surface area contributed by atoms with Gasteiger partial charge in [0.15, 0.2) is 0 Å². The zero-order valence-electron chi connectivity index (χ0n) is 10.5. The van der Waals surface area contributed by atoms with Crippen LogP contribution in [0, 0.1) is 0 Å². The molecule has 1 rings (SSSR count). The van der Waals surface area contributed by atoms with Crippen molar-refractivity contribution < 1.29 is 14.6 Å². The first-order valence-corrected chi connectivity index (χ1v) is 5.85. The average Bonchev–Trinajstić information content (AvgIpc) is 2.18. The number of hydrogen-bond acceptors (Lipinski definition) is 2. The summed E-state index contributed by atoms with van der Waals surface area (Å²) < 4.78 is 5.35. The highest BCUT2D eigenvalue weighted by atomic mass is 35.5. The van der Waals surface area contributed by atoms with Crippen molar-refractivity contribution in [2.45, 2.75) is 33.1 Å². The van der Waals surface area contributed by atoms with Crippen LogP contribution in [0.15, 0.2) is 12.1 Å². The molecule has 0 aromatic heterocycles. The smallest absolute Gasteiger partial charge is 0.339 e. The molecule has 0 atom stereocenters. The van der Waals surface area contributed by atoms with Crippen LogP contribution >= 0.6 is 11.6 Å². The van der Waals surface area contributed by atoms with Crippen LogP contribution in [0.3, 0.4) is 0 Å². The third kappa shape index (κ3) is 3.13. The fraction of sp³-hybridized carbons (Fsp3) is 0.462. The maximum atomic E-state index is 11.1.